The van der Waals surface area contributed by atoms with Crippen molar-refractivity contribution in [3.8, 4) is 0 Å². The van der Waals surface area contributed by atoms with Crippen LogP contribution in [0.25, 0.3) is 0 Å². The number of likely N-dealkylation sites (tertiary alicyclic amines) is 1. The van der Waals surface area contributed by atoms with Crippen molar-refractivity contribution in [3.05, 3.63) is 0 Å². The van der Waals surface area contributed by atoms with Gasteiger partial charge in [0, 0.05) is 32.7 Å². The molecule has 0 aromatic rings. The Balaban J connectivity index is 1.87. The highest BCUT2D eigenvalue weighted by Crippen LogP contribution is 2.19. The van der Waals surface area contributed by atoms with Crippen molar-refractivity contribution in [2.75, 3.05) is 51.6 Å². The molecule has 0 aromatic carbocycles. The van der Waals surface area contributed by atoms with Crippen LogP contribution in [0.2, 0.25) is 0 Å². The van der Waals surface area contributed by atoms with Gasteiger partial charge < -0.3 is 15.0 Å². The molecule has 0 spiro atoms. The molecule has 0 saturated carbocycles. The molecule has 2 heterocycles. The molecule has 0 radical (unpaired) electrons. The molecule has 0 aromatic heterocycles. The largest absolute Gasteiger partial charge is 0.466 e. The van der Waals surface area contributed by atoms with E-state index in [1.54, 1.807) is 0 Å². The molecular formula is C16H30N4O4S. The van der Waals surface area contributed by atoms with Gasteiger partial charge >= 0.3 is 5.97 Å². The summed E-state index contributed by atoms with van der Waals surface area (Å²) in [7, 11) is -3.07. The van der Waals surface area contributed by atoms with Crippen molar-refractivity contribution in [3.63, 3.8) is 0 Å². The number of carbonyl (C=O) groups is 1. The zero-order chi connectivity index (χ0) is 18.3. The van der Waals surface area contributed by atoms with Crippen molar-refractivity contribution >= 4 is 22.0 Å². The molecule has 2 saturated heterocycles. The van der Waals surface area contributed by atoms with E-state index >= 15 is 0 Å². The number of guanidine groups is 1. The summed E-state index contributed by atoms with van der Waals surface area (Å²) in [5.41, 5.74) is 0. The van der Waals surface area contributed by atoms with Gasteiger partial charge in [-0.25, -0.2) is 12.7 Å². The minimum atomic E-state index is -3.07. The number of nitrogens with zero attached hydrogens (tertiary/aromatic N) is 3. The number of nitrogens with one attached hydrogen (secondary N) is 1. The Morgan fingerprint density at radius 3 is 2.52 bits per heavy atom. The Kier molecular flexibility index (Phi) is 7.49. The lowest BCUT2D eigenvalue weighted by Crippen LogP contribution is -2.47. The lowest BCUT2D eigenvalue weighted by atomic mass is 9.97. The van der Waals surface area contributed by atoms with Gasteiger partial charge in [-0.1, -0.05) is 0 Å². The van der Waals surface area contributed by atoms with E-state index in [9.17, 15) is 13.2 Å². The molecule has 144 valence electrons. The summed E-state index contributed by atoms with van der Waals surface area (Å²) in [6.45, 7) is 7.96. The third kappa shape index (κ3) is 5.57. The summed E-state index contributed by atoms with van der Waals surface area (Å²) >= 11 is 0. The molecule has 0 aliphatic carbocycles. The maximum absolute atomic E-state index is 11.8. The highest BCUT2D eigenvalue weighted by atomic mass is 32.2. The summed E-state index contributed by atoms with van der Waals surface area (Å²) in [5.74, 6) is 0.900. The van der Waals surface area contributed by atoms with Crippen molar-refractivity contribution in [1.29, 1.82) is 0 Å². The van der Waals surface area contributed by atoms with Gasteiger partial charge in [-0.05, 0) is 33.1 Å². The highest BCUT2D eigenvalue weighted by Gasteiger charge is 2.29. The van der Waals surface area contributed by atoms with Crippen LogP contribution in [0.3, 0.4) is 0 Å². The predicted molar refractivity (Wildman–Crippen MR) is 96.9 cm³/mol. The van der Waals surface area contributed by atoms with Gasteiger partial charge in [-0.2, -0.15) is 0 Å². The first-order valence-electron chi connectivity index (χ1n) is 9.15. The number of sulfonamides is 1. The Morgan fingerprint density at radius 1 is 1.24 bits per heavy atom. The predicted octanol–water partition coefficient (Wildman–Crippen LogP) is 0.263. The minimum absolute atomic E-state index is 0.0335. The lowest BCUT2D eigenvalue weighted by Gasteiger charge is -2.33. The zero-order valence-electron chi connectivity index (χ0n) is 15.2. The fraction of sp³-hybridized carbons (Fsp3) is 0.875. The summed E-state index contributed by atoms with van der Waals surface area (Å²) in [4.78, 5) is 18.5. The quantitative estimate of drug-likeness (QED) is 0.407. The first-order chi connectivity index (χ1) is 12.0. The van der Waals surface area contributed by atoms with E-state index in [4.69, 9.17) is 4.74 Å². The summed E-state index contributed by atoms with van der Waals surface area (Å²) in [6.07, 6.45) is 2.21. The van der Waals surface area contributed by atoms with Crippen LogP contribution in [0.5, 0.6) is 0 Å². The molecule has 2 aliphatic heterocycles. The Bertz CT molecular complexity index is 571. The van der Waals surface area contributed by atoms with Crippen LogP contribution in [-0.4, -0.2) is 81.2 Å². The summed E-state index contributed by atoms with van der Waals surface area (Å²) in [5, 5.41) is 3.26. The Hall–Kier alpha value is -1.35. The van der Waals surface area contributed by atoms with E-state index < -0.39 is 10.0 Å². The molecule has 0 amide bonds. The second-order valence-corrected chi connectivity index (χ2v) is 8.41. The number of rotatable bonds is 6. The molecule has 1 N–H and O–H groups in total. The molecule has 0 bridgehead atoms. The fourth-order valence-electron chi connectivity index (χ4n) is 3.22. The molecule has 2 aliphatic rings. The SMILES string of the molecule is CCNC(=NCCN1CCCS1(=O)=O)N1CCC(C(=O)OCC)CC1. The molecule has 2 fully saturated rings. The standard InChI is InChI=1S/C16H30N4O4S/c1-3-17-16(18-8-12-20-9-5-13-25(20,22)23)19-10-6-14(7-11-19)15(21)24-4-2/h14H,3-13H2,1-2H3,(H,17,18). The third-order valence-corrected chi connectivity index (χ3v) is 6.52. The fourth-order valence-corrected chi connectivity index (χ4v) is 4.74. The number of aliphatic imine (C=N–C) groups is 1. The number of esters is 1. The lowest BCUT2D eigenvalue weighted by molar-refractivity contribution is -0.149. The van der Waals surface area contributed by atoms with Gasteiger partial charge in [0.15, 0.2) is 5.96 Å². The minimum Gasteiger partial charge on any atom is -0.466 e. The van der Waals surface area contributed by atoms with Crippen molar-refractivity contribution in [1.82, 2.24) is 14.5 Å². The average molecular weight is 375 g/mol. The van der Waals surface area contributed by atoms with Crippen molar-refractivity contribution in [2.45, 2.75) is 33.1 Å². The van der Waals surface area contributed by atoms with Crippen LogP contribution in [-0.2, 0) is 19.6 Å². The first kappa shape index (κ1) is 20.0. The number of hydrogen-bond donors (Lipinski definition) is 1. The van der Waals surface area contributed by atoms with E-state index in [-0.39, 0.29) is 17.6 Å². The van der Waals surface area contributed by atoms with Crippen molar-refractivity contribution < 1.29 is 17.9 Å². The average Bonchev–Trinajstić information content (AvgIpc) is 2.93. The second-order valence-electron chi connectivity index (χ2n) is 6.32. The Morgan fingerprint density at radius 2 is 1.96 bits per heavy atom. The topological polar surface area (TPSA) is 91.3 Å². The molecule has 2 rings (SSSR count). The van der Waals surface area contributed by atoms with Crippen LogP contribution in [0.1, 0.15) is 33.1 Å². The molecule has 8 nitrogen and oxygen atoms in total. The molecule has 0 unspecified atom stereocenters. The number of ether oxygens (including phenoxy) is 1. The van der Waals surface area contributed by atoms with E-state index in [1.165, 1.54) is 4.31 Å². The van der Waals surface area contributed by atoms with E-state index in [2.05, 4.69) is 15.2 Å². The van der Waals surface area contributed by atoms with E-state index in [0.717, 1.165) is 38.4 Å². The van der Waals surface area contributed by atoms with Gasteiger partial charge in [0.2, 0.25) is 10.0 Å². The van der Waals surface area contributed by atoms with Gasteiger partial charge in [-0.15, -0.1) is 0 Å². The number of piperidine rings is 1. The molecule has 25 heavy (non-hydrogen) atoms. The maximum atomic E-state index is 11.8. The van der Waals surface area contributed by atoms with Crippen LogP contribution in [0.4, 0.5) is 0 Å². The molecular weight excluding hydrogens is 344 g/mol. The molecule has 9 heteroatoms. The Labute approximate surface area is 150 Å². The van der Waals surface area contributed by atoms with E-state index in [1.807, 2.05) is 13.8 Å². The van der Waals surface area contributed by atoms with Gasteiger partial charge in [-0.3, -0.25) is 9.79 Å². The normalized spacial score (nSPS) is 22.2. The monoisotopic (exact) mass is 374 g/mol. The smallest absolute Gasteiger partial charge is 0.309 e. The highest BCUT2D eigenvalue weighted by molar-refractivity contribution is 7.89. The summed E-state index contributed by atoms with van der Waals surface area (Å²) in [6, 6.07) is 0. The van der Waals surface area contributed by atoms with Gasteiger partial charge in [0.25, 0.3) is 0 Å². The zero-order valence-corrected chi connectivity index (χ0v) is 16.1. The summed E-state index contributed by atoms with van der Waals surface area (Å²) < 4.78 is 30.3. The first-order valence-corrected chi connectivity index (χ1v) is 10.8. The van der Waals surface area contributed by atoms with Crippen LogP contribution in [0, 0.1) is 5.92 Å². The molecule has 0 atom stereocenters. The van der Waals surface area contributed by atoms with Gasteiger partial charge in [0.1, 0.15) is 0 Å². The number of carbonyl (C=O) groups excluding carboxylic acids is 1. The third-order valence-electron chi connectivity index (χ3n) is 4.56. The van der Waals surface area contributed by atoms with Crippen LogP contribution >= 0.6 is 0 Å². The van der Waals surface area contributed by atoms with Gasteiger partial charge in [0.05, 0.1) is 24.8 Å². The number of hydrogen-bond acceptors (Lipinski definition) is 5. The van der Waals surface area contributed by atoms with Crippen molar-refractivity contribution in [2.24, 2.45) is 10.9 Å². The second kappa shape index (κ2) is 9.38. The van der Waals surface area contributed by atoms with Crippen LogP contribution < -0.4 is 5.32 Å². The maximum Gasteiger partial charge on any atom is 0.309 e. The van der Waals surface area contributed by atoms with Crippen LogP contribution in [0.15, 0.2) is 4.99 Å². The van der Waals surface area contributed by atoms with E-state index in [0.29, 0.717) is 32.7 Å².